The molecule has 1 unspecified atom stereocenters. The van der Waals surface area contributed by atoms with Crippen molar-refractivity contribution in [2.24, 2.45) is 17.3 Å². The molecule has 3 aliphatic rings. The van der Waals surface area contributed by atoms with Crippen LogP contribution in [0.2, 0.25) is 0 Å². The Labute approximate surface area is 373 Å². The molecular weight excluding hydrogens is 829 g/mol. The number of halogens is 4. The number of nitrogens with one attached hydrogen (secondary N) is 2. The summed E-state index contributed by atoms with van der Waals surface area (Å²) in [4.78, 5) is 46.0. The van der Waals surface area contributed by atoms with E-state index in [1.165, 1.54) is 10.6 Å². The third-order valence-electron chi connectivity index (χ3n) is 13.3. The molecule has 2 aliphatic heterocycles. The van der Waals surface area contributed by atoms with Gasteiger partial charge in [0.15, 0.2) is 0 Å². The van der Waals surface area contributed by atoms with Gasteiger partial charge in [0.25, 0.3) is 12.4 Å². The van der Waals surface area contributed by atoms with Gasteiger partial charge >= 0.3 is 6.18 Å². The van der Waals surface area contributed by atoms with E-state index in [1.54, 1.807) is 19.2 Å². The third-order valence-corrected chi connectivity index (χ3v) is 13.3. The quantitative estimate of drug-likeness (QED) is 0.0802. The molecule has 7 rings (SSSR count). The molecule has 0 radical (unpaired) electrons. The molecule has 4 heterocycles. The standard InChI is InChI=1S/C49H62F4N6O5/c1-7-58-43-11-10-34(35-19-31(18-32(20-35)26-50)21-42(47(62)59-15-9-8-14-55-59)56-46(61)38-24-41(38)49(51,52)53)22-37(43)40(25-48(3,4)28-64-29-60)45(58)39-23-36(27-54-44(39)30(2)63-6)33-12-16-57(5)17-13-33/h10-11,18-20,22-23,27,29-30,33,38,41-42,55H,7-9,12-17,21,24-26,28H2,1-6H3,(H,56,61)/t30-,38?,41-,42-/m0/s1. The molecule has 0 spiro atoms. The first-order valence-corrected chi connectivity index (χ1v) is 22.6. The summed E-state index contributed by atoms with van der Waals surface area (Å²) in [6, 6.07) is 12.5. The molecule has 11 nitrogen and oxygen atoms in total. The number of likely N-dealkylation sites (tertiary alicyclic amines) is 1. The van der Waals surface area contributed by atoms with Gasteiger partial charge < -0.3 is 24.3 Å². The zero-order chi connectivity index (χ0) is 45.9. The Balaban J connectivity index is 1.33. The summed E-state index contributed by atoms with van der Waals surface area (Å²) in [6.07, 6.45) is 0.970. The van der Waals surface area contributed by atoms with Crippen molar-refractivity contribution in [3.05, 3.63) is 76.6 Å². The highest BCUT2D eigenvalue weighted by molar-refractivity contribution is 5.95. The summed E-state index contributed by atoms with van der Waals surface area (Å²) in [7, 11) is 3.82. The van der Waals surface area contributed by atoms with Gasteiger partial charge in [-0.05, 0) is 136 Å². The molecule has 2 amide bonds. The van der Waals surface area contributed by atoms with Crippen LogP contribution in [0.25, 0.3) is 33.3 Å². The topological polar surface area (TPSA) is 118 Å². The van der Waals surface area contributed by atoms with Gasteiger partial charge in [-0.15, -0.1) is 0 Å². The first-order valence-electron chi connectivity index (χ1n) is 22.6. The van der Waals surface area contributed by atoms with Crippen LogP contribution >= 0.6 is 0 Å². The predicted molar refractivity (Wildman–Crippen MR) is 238 cm³/mol. The number of hydrogen-bond donors (Lipinski definition) is 2. The van der Waals surface area contributed by atoms with Gasteiger partial charge in [0, 0.05) is 61.2 Å². The number of carbonyl (C=O) groups excluding carboxylic acids is 3. The van der Waals surface area contributed by atoms with Crippen LogP contribution < -0.4 is 10.7 Å². The Morgan fingerprint density at radius 3 is 2.42 bits per heavy atom. The number of rotatable bonds is 17. The summed E-state index contributed by atoms with van der Waals surface area (Å²) in [6.45, 7) is 11.6. The fourth-order valence-electron chi connectivity index (χ4n) is 9.64. The molecule has 0 bridgehead atoms. The minimum absolute atomic E-state index is 0.0527. The van der Waals surface area contributed by atoms with Crippen molar-refractivity contribution in [2.75, 3.05) is 46.9 Å². The molecule has 2 N–H and O–H groups in total. The van der Waals surface area contributed by atoms with Crippen molar-refractivity contribution in [3.63, 3.8) is 0 Å². The Morgan fingerprint density at radius 1 is 1.03 bits per heavy atom. The van der Waals surface area contributed by atoms with Crippen LogP contribution in [-0.4, -0.2) is 96.9 Å². The zero-order valence-electron chi connectivity index (χ0n) is 37.8. The van der Waals surface area contributed by atoms with Crippen LogP contribution in [0.15, 0.2) is 48.7 Å². The zero-order valence-corrected chi connectivity index (χ0v) is 37.8. The smallest absolute Gasteiger partial charge is 0.392 e. The summed E-state index contributed by atoms with van der Waals surface area (Å²) in [5.41, 5.74) is 10.9. The lowest BCUT2D eigenvalue weighted by molar-refractivity contribution is -0.155. The van der Waals surface area contributed by atoms with Crippen molar-refractivity contribution in [2.45, 2.75) is 110 Å². The number of methoxy groups -OCH3 is 1. The second-order valence-corrected chi connectivity index (χ2v) is 18.7. The molecule has 4 aromatic rings. The van der Waals surface area contributed by atoms with Crippen LogP contribution in [0, 0.1) is 17.3 Å². The minimum atomic E-state index is -4.50. The summed E-state index contributed by atoms with van der Waals surface area (Å²) in [5.74, 6) is -3.91. The van der Waals surface area contributed by atoms with Crippen LogP contribution in [0.3, 0.4) is 0 Å². The van der Waals surface area contributed by atoms with Crippen molar-refractivity contribution in [3.8, 4) is 22.4 Å². The fraction of sp³-hybridized carbons (Fsp3) is 0.551. The number of aryl methyl sites for hydroxylation is 1. The lowest BCUT2D eigenvalue weighted by atomic mass is 9.83. The minimum Gasteiger partial charge on any atom is -0.467 e. The van der Waals surface area contributed by atoms with Gasteiger partial charge in [-0.25, -0.2) is 9.82 Å². The van der Waals surface area contributed by atoms with E-state index < -0.39 is 48.0 Å². The number of alkyl halides is 4. The molecule has 2 aromatic heterocycles. The summed E-state index contributed by atoms with van der Waals surface area (Å²) in [5, 5.41) is 5.03. The predicted octanol–water partition coefficient (Wildman–Crippen LogP) is 8.47. The number of hydrazine groups is 1. The monoisotopic (exact) mass is 890 g/mol. The molecular formula is C49H62F4N6O5. The number of benzene rings is 2. The Bertz CT molecular complexity index is 2320. The van der Waals surface area contributed by atoms with E-state index in [2.05, 4.69) is 66.2 Å². The number of amides is 2. The van der Waals surface area contributed by atoms with Gasteiger partial charge in [0.2, 0.25) is 5.91 Å². The molecule has 2 saturated heterocycles. The highest BCUT2D eigenvalue weighted by Gasteiger charge is 2.59. The molecule has 2 aromatic carbocycles. The maximum Gasteiger partial charge on any atom is 0.392 e. The van der Waals surface area contributed by atoms with Crippen LogP contribution in [0.4, 0.5) is 17.6 Å². The van der Waals surface area contributed by atoms with Crippen molar-refractivity contribution >= 4 is 29.2 Å². The van der Waals surface area contributed by atoms with Crippen molar-refractivity contribution in [1.29, 1.82) is 0 Å². The molecule has 3 fully saturated rings. The van der Waals surface area contributed by atoms with Gasteiger partial charge in [-0.2, -0.15) is 13.2 Å². The van der Waals surface area contributed by atoms with Crippen LogP contribution in [0.5, 0.6) is 0 Å². The maximum absolute atomic E-state index is 14.8. The number of nitrogens with zero attached hydrogens (tertiary/aromatic N) is 4. The Hall–Kier alpha value is -4.86. The average molecular weight is 891 g/mol. The van der Waals surface area contributed by atoms with E-state index in [-0.39, 0.29) is 25.6 Å². The molecule has 64 heavy (non-hydrogen) atoms. The molecule has 4 atom stereocenters. The lowest BCUT2D eigenvalue weighted by Gasteiger charge is -2.31. The van der Waals surface area contributed by atoms with Gasteiger partial charge in [0.1, 0.15) is 12.7 Å². The number of carbonyl (C=O) groups is 3. The van der Waals surface area contributed by atoms with Crippen LogP contribution in [-0.2, 0) is 49.9 Å². The summed E-state index contributed by atoms with van der Waals surface area (Å²) >= 11 is 0. The van der Waals surface area contributed by atoms with Gasteiger partial charge in [0.05, 0.1) is 35.9 Å². The van der Waals surface area contributed by atoms with Gasteiger partial charge in [-0.1, -0.05) is 32.0 Å². The second kappa shape index (κ2) is 19.7. The molecule has 346 valence electrons. The third kappa shape index (κ3) is 10.5. The van der Waals surface area contributed by atoms with E-state index in [0.29, 0.717) is 55.1 Å². The van der Waals surface area contributed by atoms with Gasteiger partial charge in [-0.3, -0.25) is 24.4 Å². The number of aromatic nitrogens is 2. The molecule has 15 heteroatoms. The van der Waals surface area contributed by atoms with Crippen molar-refractivity contribution in [1.82, 2.24) is 30.2 Å². The highest BCUT2D eigenvalue weighted by Crippen LogP contribution is 2.50. The van der Waals surface area contributed by atoms with Crippen molar-refractivity contribution < 1.29 is 41.4 Å². The van der Waals surface area contributed by atoms with E-state index in [1.807, 2.05) is 25.3 Å². The highest BCUT2D eigenvalue weighted by atomic mass is 19.4. The van der Waals surface area contributed by atoms with E-state index in [0.717, 1.165) is 77.8 Å². The van der Waals surface area contributed by atoms with E-state index >= 15 is 0 Å². The molecule has 1 aliphatic carbocycles. The normalized spacial score (nSPS) is 19.7. The first-order chi connectivity index (χ1) is 30.5. The number of hydrogen-bond acceptors (Lipinski definition) is 8. The average Bonchev–Trinajstić information content (AvgIpc) is 4.07. The number of fused-ring (bicyclic) bond motifs is 1. The SMILES string of the molecule is CCn1c(-c2cc(C3CCN(C)CC3)cnc2[C@H](C)OC)c(CC(C)(C)COC=O)c2cc(-c3cc(CF)cc(C[C@H](NC(=O)C4C[C@@H]4C(F)(F)F)C(=O)N4CCCCN4)c3)ccc21. The Kier molecular flexibility index (Phi) is 14.5. The number of piperidine rings is 1. The number of pyridine rings is 1. The number of ether oxygens (including phenoxy) is 2. The molecule has 1 saturated carbocycles. The van der Waals surface area contributed by atoms with E-state index in [4.69, 9.17) is 14.5 Å². The Morgan fingerprint density at radius 2 is 1.78 bits per heavy atom. The second-order valence-electron chi connectivity index (χ2n) is 18.7. The lowest BCUT2D eigenvalue weighted by Crippen LogP contribution is -2.56. The largest absolute Gasteiger partial charge is 0.467 e. The fourth-order valence-corrected chi connectivity index (χ4v) is 9.64. The van der Waals surface area contributed by atoms with Crippen LogP contribution in [0.1, 0.15) is 99.8 Å². The first kappa shape index (κ1) is 47.1. The summed E-state index contributed by atoms with van der Waals surface area (Å²) < 4.78 is 68.8. The maximum atomic E-state index is 14.8. The van der Waals surface area contributed by atoms with E-state index in [9.17, 15) is 31.9 Å².